The van der Waals surface area contributed by atoms with Gasteiger partial charge >= 0.3 is 23.9 Å². The zero-order valence-electron chi connectivity index (χ0n) is 12.8. The van der Waals surface area contributed by atoms with E-state index in [1.54, 1.807) is 0 Å². The van der Waals surface area contributed by atoms with Gasteiger partial charge in [0.2, 0.25) is 6.79 Å². The van der Waals surface area contributed by atoms with Gasteiger partial charge in [0.1, 0.15) is 6.61 Å². The van der Waals surface area contributed by atoms with Crippen LogP contribution >= 0.6 is 0 Å². The molecule has 0 radical (unpaired) electrons. The number of aliphatic carboxylic acids is 1. The van der Waals surface area contributed by atoms with Gasteiger partial charge in [-0.15, -0.1) is 0 Å². The molecule has 0 fully saturated rings. The van der Waals surface area contributed by atoms with E-state index >= 15 is 0 Å². The highest BCUT2D eigenvalue weighted by Crippen LogP contribution is 2.14. The number of carbonyl (C=O) groups is 4. The average molecular weight is 318 g/mol. The lowest BCUT2D eigenvalue weighted by Crippen LogP contribution is -2.25. The maximum Gasteiger partial charge on any atom is 0.315 e. The summed E-state index contributed by atoms with van der Waals surface area (Å²) in [7, 11) is 0. The van der Waals surface area contributed by atoms with Crippen LogP contribution in [0.4, 0.5) is 0 Å². The first-order valence-electron chi connectivity index (χ1n) is 6.98. The van der Waals surface area contributed by atoms with Crippen molar-refractivity contribution in [3.63, 3.8) is 0 Å². The summed E-state index contributed by atoms with van der Waals surface area (Å²) in [5.41, 5.74) is 0. The molecule has 8 heteroatoms. The van der Waals surface area contributed by atoms with E-state index in [1.807, 2.05) is 0 Å². The standard InChI is InChI=1S/C14H22O8/c1-10(15)20-8-12(6-4-3-5-7-13(17)18)14(19)22-9-21-11(2)16/h12H,3-9H2,1-2H3,(H,17,18). The van der Waals surface area contributed by atoms with E-state index in [1.165, 1.54) is 13.8 Å². The minimum Gasteiger partial charge on any atom is -0.481 e. The number of carboxylic acids is 1. The van der Waals surface area contributed by atoms with Crippen molar-refractivity contribution in [2.24, 2.45) is 5.92 Å². The third-order valence-corrected chi connectivity index (χ3v) is 2.73. The Morgan fingerprint density at radius 1 is 0.909 bits per heavy atom. The second-order valence-corrected chi connectivity index (χ2v) is 4.71. The molecular formula is C14H22O8. The van der Waals surface area contributed by atoms with Crippen molar-refractivity contribution in [1.29, 1.82) is 0 Å². The Morgan fingerprint density at radius 2 is 1.55 bits per heavy atom. The maximum absolute atomic E-state index is 11.8. The first-order valence-corrected chi connectivity index (χ1v) is 6.98. The Morgan fingerprint density at radius 3 is 2.09 bits per heavy atom. The lowest BCUT2D eigenvalue weighted by Gasteiger charge is -2.15. The van der Waals surface area contributed by atoms with E-state index in [-0.39, 0.29) is 13.0 Å². The molecule has 126 valence electrons. The average Bonchev–Trinajstić information content (AvgIpc) is 2.40. The number of carboxylic acid groups (broad SMARTS) is 1. The van der Waals surface area contributed by atoms with Crippen LogP contribution in [0, 0.1) is 5.92 Å². The molecular weight excluding hydrogens is 296 g/mol. The minimum absolute atomic E-state index is 0.0749. The molecule has 0 bridgehead atoms. The highest BCUT2D eigenvalue weighted by molar-refractivity contribution is 5.73. The van der Waals surface area contributed by atoms with Crippen LogP contribution in [0.3, 0.4) is 0 Å². The molecule has 0 saturated carbocycles. The third kappa shape index (κ3) is 11.7. The molecule has 0 amide bonds. The minimum atomic E-state index is -0.864. The van der Waals surface area contributed by atoms with Gasteiger partial charge in [0.05, 0.1) is 5.92 Å². The highest BCUT2D eigenvalue weighted by atomic mass is 16.7. The number of hydrogen-bond donors (Lipinski definition) is 1. The van der Waals surface area contributed by atoms with Crippen molar-refractivity contribution in [2.75, 3.05) is 13.4 Å². The van der Waals surface area contributed by atoms with Crippen LogP contribution < -0.4 is 0 Å². The molecule has 22 heavy (non-hydrogen) atoms. The van der Waals surface area contributed by atoms with Gasteiger partial charge in [-0.05, 0) is 12.8 Å². The first kappa shape index (κ1) is 19.9. The summed E-state index contributed by atoms with van der Waals surface area (Å²) in [6.07, 6.45) is 2.22. The largest absolute Gasteiger partial charge is 0.481 e. The van der Waals surface area contributed by atoms with Crippen LogP contribution in [-0.2, 0) is 33.4 Å². The molecule has 0 aliphatic carbocycles. The van der Waals surface area contributed by atoms with Crippen molar-refractivity contribution in [2.45, 2.75) is 46.0 Å². The van der Waals surface area contributed by atoms with Gasteiger partial charge in [0.15, 0.2) is 0 Å². The van der Waals surface area contributed by atoms with Gasteiger partial charge in [-0.2, -0.15) is 0 Å². The second kappa shape index (κ2) is 11.5. The van der Waals surface area contributed by atoms with E-state index in [9.17, 15) is 19.2 Å². The van der Waals surface area contributed by atoms with E-state index < -0.39 is 36.6 Å². The molecule has 0 aliphatic heterocycles. The van der Waals surface area contributed by atoms with Crippen LogP contribution in [0.15, 0.2) is 0 Å². The molecule has 0 aromatic carbocycles. The smallest absolute Gasteiger partial charge is 0.315 e. The van der Waals surface area contributed by atoms with Gasteiger partial charge in [-0.25, -0.2) is 0 Å². The molecule has 8 nitrogen and oxygen atoms in total. The summed E-state index contributed by atoms with van der Waals surface area (Å²) < 4.78 is 14.1. The molecule has 1 unspecified atom stereocenters. The second-order valence-electron chi connectivity index (χ2n) is 4.71. The Hall–Kier alpha value is -2.12. The number of unbranched alkanes of at least 4 members (excludes halogenated alkanes) is 2. The van der Waals surface area contributed by atoms with Gasteiger partial charge in [-0.1, -0.05) is 12.8 Å². The summed E-state index contributed by atoms with van der Waals surface area (Å²) in [5, 5.41) is 8.52. The van der Waals surface area contributed by atoms with Crippen molar-refractivity contribution in [3.8, 4) is 0 Å². The van der Waals surface area contributed by atoms with Crippen LogP contribution in [0.25, 0.3) is 0 Å². The quantitative estimate of drug-likeness (QED) is 0.344. The Balaban J connectivity index is 4.17. The predicted molar refractivity (Wildman–Crippen MR) is 73.6 cm³/mol. The topological polar surface area (TPSA) is 116 Å². The third-order valence-electron chi connectivity index (χ3n) is 2.73. The zero-order chi connectivity index (χ0) is 17.0. The number of ether oxygens (including phenoxy) is 3. The van der Waals surface area contributed by atoms with Gasteiger partial charge in [0, 0.05) is 20.3 Å². The van der Waals surface area contributed by atoms with Crippen molar-refractivity contribution in [1.82, 2.24) is 0 Å². The lowest BCUT2D eigenvalue weighted by molar-refractivity contribution is -0.170. The fraction of sp³-hybridized carbons (Fsp3) is 0.714. The fourth-order valence-corrected chi connectivity index (χ4v) is 1.62. The van der Waals surface area contributed by atoms with E-state index in [0.29, 0.717) is 25.7 Å². The molecule has 0 heterocycles. The molecule has 1 atom stereocenters. The van der Waals surface area contributed by atoms with Crippen molar-refractivity contribution >= 4 is 23.9 Å². The molecule has 1 N–H and O–H groups in total. The summed E-state index contributed by atoms with van der Waals surface area (Å²) in [6.45, 7) is 1.82. The Labute approximate surface area is 128 Å². The SMILES string of the molecule is CC(=O)OCOC(=O)C(CCCCCC(=O)O)COC(C)=O. The first-order chi connectivity index (χ1) is 10.3. The summed E-state index contributed by atoms with van der Waals surface area (Å²) in [6, 6.07) is 0. The lowest BCUT2D eigenvalue weighted by atomic mass is 10.0. The molecule has 0 rings (SSSR count). The van der Waals surface area contributed by atoms with Gasteiger partial charge in [-0.3, -0.25) is 19.2 Å². The number of esters is 3. The number of carbonyl (C=O) groups excluding carboxylic acids is 3. The summed E-state index contributed by atoms with van der Waals surface area (Å²) in [4.78, 5) is 43.6. The normalized spacial score (nSPS) is 11.4. The molecule has 0 aromatic rings. The summed E-state index contributed by atoms with van der Waals surface area (Å²) >= 11 is 0. The molecule has 0 aromatic heterocycles. The summed E-state index contributed by atoms with van der Waals surface area (Å²) in [5.74, 6) is -3.23. The molecule has 0 saturated heterocycles. The van der Waals surface area contributed by atoms with Crippen molar-refractivity contribution < 1.29 is 38.5 Å². The van der Waals surface area contributed by atoms with Crippen LogP contribution in [0.1, 0.15) is 46.0 Å². The van der Waals surface area contributed by atoms with E-state index in [0.717, 1.165) is 0 Å². The van der Waals surface area contributed by atoms with Crippen molar-refractivity contribution in [3.05, 3.63) is 0 Å². The monoisotopic (exact) mass is 318 g/mol. The number of rotatable bonds is 11. The van der Waals surface area contributed by atoms with E-state index in [4.69, 9.17) is 14.6 Å². The molecule has 0 spiro atoms. The molecule has 0 aliphatic rings. The Bertz CT molecular complexity index is 390. The predicted octanol–water partition coefficient (Wildman–Crippen LogP) is 1.26. The number of hydrogen-bond acceptors (Lipinski definition) is 7. The van der Waals surface area contributed by atoms with Crippen LogP contribution in [-0.4, -0.2) is 42.4 Å². The highest BCUT2D eigenvalue weighted by Gasteiger charge is 2.21. The Kier molecular flexibility index (Phi) is 10.4. The van der Waals surface area contributed by atoms with Gasteiger partial charge < -0.3 is 19.3 Å². The maximum atomic E-state index is 11.8. The van der Waals surface area contributed by atoms with E-state index in [2.05, 4.69) is 4.74 Å². The zero-order valence-corrected chi connectivity index (χ0v) is 12.8. The van der Waals surface area contributed by atoms with Crippen LogP contribution in [0.2, 0.25) is 0 Å². The van der Waals surface area contributed by atoms with Crippen LogP contribution in [0.5, 0.6) is 0 Å². The van der Waals surface area contributed by atoms with Gasteiger partial charge in [0.25, 0.3) is 0 Å². The fourth-order valence-electron chi connectivity index (χ4n) is 1.62.